The highest BCUT2D eigenvalue weighted by atomic mass is 16.5. The van der Waals surface area contributed by atoms with Gasteiger partial charge in [0.1, 0.15) is 11.5 Å². The lowest BCUT2D eigenvalue weighted by Crippen LogP contribution is -2.18. The topological polar surface area (TPSA) is 35.5 Å². The van der Waals surface area contributed by atoms with E-state index in [4.69, 9.17) is 9.47 Å². The molecule has 0 aromatic heterocycles. The number of benzene rings is 2. The van der Waals surface area contributed by atoms with Crippen LogP contribution in [0.5, 0.6) is 11.5 Å². The Balaban J connectivity index is 0.00000113. The molecule has 0 saturated carbocycles. The fourth-order valence-electron chi connectivity index (χ4n) is 2.28. The second-order valence-electron chi connectivity index (χ2n) is 6.18. The summed E-state index contributed by atoms with van der Waals surface area (Å²) in [6, 6.07) is 15.7. The first-order valence-electron chi connectivity index (χ1n) is 9.28. The average molecular weight is 359 g/mol. The van der Waals surface area contributed by atoms with Crippen molar-refractivity contribution in [1.82, 2.24) is 0 Å². The normalized spacial score (nSPS) is 9.85. The highest BCUT2D eigenvalue weighted by Gasteiger charge is 2.23. The van der Waals surface area contributed by atoms with Crippen molar-refractivity contribution < 1.29 is 14.3 Å². The molecular formula is C23H34O3. The molecule has 0 heterocycles. The van der Waals surface area contributed by atoms with Gasteiger partial charge in [0.25, 0.3) is 0 Å². The van der Waals surface area contributed by atoms with Crippen molar-refractivity contribution in [3.8, 4) is 11.5 Å². The molecule has 0 atom stereocenters. The third-order valence-electron chi connectivity index (χ3n) is 3.65. The minimum atomic E-state index is -0.308. The Morgan fingerprint density at radius 1 is 0.846 bits per heavy atom. The van der Waals surface area contributed by atoms with Crippen LogP contribution in [-0.2, 0) is 10.2 Å². The second kappa shape index (κ2) is 12.1. The first-order valence-corrected chi connectivity index (χ1v) is 9.28. The van der Waals surface area contributed by atoms with Crippen molar-refractivity contribution in [2.24, 2.45) is 0 Å². The van der Waals surface area contributed by atoms with Gasteiger partial charge in [-0.25, -0.2) is 0 Å². The standard InChI is InChI=1S/C18H20O3.C3H8.C2H6/c1-13(19)21-17-11-7-15(8-12-17)18(2,3)14-5-9-16(20-4)10-6-14;1-3-2;1-2/h5-12H,1-4H3;3H2,1-2H3;1-2H3. The van der Waals surface area contributed by atoms with Crippen LogP contribution >= 0.6 is 0 Å². The van der Waals surface area contributed by atoms with E-state index in [2.05, 4.69) is 39.8 Å². The second-order valence-corrected chi connectivity index (χ2v) is 6.18. The van der Waals surface area contributed by atoms with E-state index in [0.29, 0.717) is 5.75 Å². The number of rotatable bonds is 4. The van der Waals surface area contributed by atoms with Crippen LogP contribution in [0.2, 0.25) is 0 Å². The van der Waals surface area contributed by atoms with E-state index in [-0.39, 0.29) is 11.4 Å². The van der Waals surface area contributed by atoms with Gasteiger partial charge in [-0.2, -0.15) is 0 Å². The van der Waals surface area contributed by atoms with Gasteiger partial charge in [-0.1, -0.05) is 72.2 Å². The largest absolute Gasteiger partial charge is 0.497 e. The lowest BCUT2D eigenvalue weighted by atomic mass is 9.78. The van der Waals surface area contributed by atoms with Gasteiger partial charge in [0.05, 0.1) is 7.11 Å². The van der Waals surface area contributed by atoms with Crippen molar-refractivity contribution in [2.75, 3.05) is 7.11 Å². The van der Waals surface area contributed by atoms with Crippen LogP contribution in [0.15, 0.2) is 48.5 Å². The van der Waals surface area contributed by atoms with E-state index < -0.39 is 0 Å². The van der Waals surface area contributed by atoms with Crippen LogP contribution in [0.4, 0.5) is 0 Å². The van der Waals surface area contributed by atoms with Gasteiger partial charge in [-0.05, 0) is 35.4 Å². The maximum atomic E-state index is 10.9. The Morgan fingerprint density at radius 2 is 1.19 bits per heavy atom. The fourth-order valence-corrected chi connectivity index (χ4v) is 2.28. The molecule has 0 spiro atoms. The maximum absolute atomic E-state index is 10.9. The van der Waals surface area contributed by atoms with Crippen LogP contribution in [-0.4, -0.2) is 13.1 Å². The highest BCUT2D eigenvalue weighted by Crippen LogP contribution is 2.33. The van der Waals surface area contributed by atoms with Crippen LogP contribution in [0.3, 0.4) is 0 Å². The summed E-state index contributed by atoms with van der Waals surface area (Å²) in [5, 5.41) is 0. The predicted molar refractivity (Wildman–Crippen MR) is 110 cm³/mol. The number of carbonyl (C=O) groups is 1. The Bertz CT molecular complexity index is 626. The molecular weight excluding hydrogens is 324 g/mol. The summed E-state index contributed by atoms with van der Waals surface area (Å²) < 4.78 is 10.3. The van der Waals surface area contributed by atoms with Gasteiger partial charge >= 0.3 is 5.97 Å². The molecule has 2 aromatic carbocycles. The van der Waals surface area contributed by atoms with Crippen LogP contribution in [0, 0.1) is 0 Å². The van der Waals surface area contributed by atoms with Crippen LogP contribution in [0.1, 0.15) is 66.0 Å². The molecule has 0 aliphatic rings. The van der Waals surface area contributed by atoms with Crippen molar-refractivity contribution in [3.63, 3.8) is 0 Å². The summed E-state index contributed by atoms with van der Waals surface area (Å²) in [4.78, 5) is 10.9. The minimum Gasteiger partial charge on any atom is -0.497 e. The lowest BCUT2D eigenvalue weighted by molar-refractivity contribution is -0.131. The molecule has 0 saturated heterocycles. The zero-order chi connectivity index (χ0) is 20.2. The molecule has 3 heteroatoms. The molecule has 2 rings (SSSR count). The molecule has 0 aliphatic heterocycles. The van der Waals surface area contributed by atoms with Crippen LogP contribution in [0.25, 0.3) is 0 Å². The van der Waals surface area contributed by atoms with Gasteiger partial charge in [0, 0.05) is 12.3 Å². The number of ether oxygens (including phenoxy) is 2. The average Bonchev–Trinajstić information content (AvgIpc) is 2.64. The molecule has 0 fully saturated rings. The summed E-state index contributed by atoms with van der Waals surface area (Å²) in [7, 11) is 1.66. The number of hydrogen-bond acceptors (Lipinski definition) is 3. The zero-order valence-corrected chi connectivity index (χ0v) is 17.6. The molecule has 0 radical (unpaired) electrons. The van der Waals surface area contributed by atoms with Gasteiger partial charge in [-0.15, -0.1) is 0 Å². The van der Waals surface area contributed by atoms with E-state index in [1.807, 2.05) is 50.2 Å². The molecule has 0 bridgehead atoms. The van der Waals surface area contributed by atoms with E-state index >= 15 is 0 Å². The zero-order valence-electron chi connectivity index (χ0n) is 17.6. The van der Waals surface area contributed by atoms with Crippen molar-refractivity contribution in [3.05, 3.63) is 59.7 Å². The Kier molecular flexibility index (Phi) is 11.1. The Morgan fingerprint density at radius 3 is 1.50 bits per heavy atom. The Hall–Kier alpha value is -2.29. The summed E-state index contributed by atoms with van der Waals surface area (Å²) in [5.41, 5.74) is 2.22. The molecule has 2 aromatic rings. The lowest BCUT2D eigenvalue weighted by Gasteiger charge is -2.26. The summed E-state index contributed by atoms with van der Waals surface area (Å²) >= 11 is 0. The van der Waals surface area contributed by atoms with Crippen LogP contribution < -0.4 is 9.47 Å². The maximum Gasteiger partial charge on any atom is 0.308 e. The van der Waals surface area contributed by atoms with E-state index in [1.54, 1.807) is 7.11 Å². The fraction of sp³-hybridized carbons (Fsp3) is 0.435. The highest BCUT2D eigenvalue weighted by molar-refractivity contribution is 5.69. The first-order chi connectivity index (χ1) is 12.3. The smallest absolute Gasteiger partial charge is 0.308 e. The molecule has 144 valence electrons. The summed E-state index contributed by atoms with van der Waals surface area (Å²) in [6.45, 7) is 14.0. The third-order valence-corrected chi connectivity index (χ3v) is 3.65. The monoisotopic (exact) mass is 358 g/mol. The predicted octanol–water partition coefficient (Wildman–Crippen LogP) is 6.39. The molecule has 0 N–H and O–H groups in total. The molecule has 3 nitrogen and oxygen atoms in total. The van der Waals surface area contributed by atoms with Gasteiger partial charge in [0.2, 0.25) is 0 Å². The SMILES string of the molecule is CC.CCC.COc1ccc(C(C)(C)c2ccc(OC(C)=O)cc2)cc1. The van der Waals surface area contributed by atoms with Crippen molar-refractivity contribution in [2.45, 2.75) is 60.3 Å². The van der Waals surface area contributed by atoms with Gasteiger partial charge < -0.3 is 9.47 Å². The third kappa shape index (κ3) is 7.30. The number of carbonyl (C=O) groups excluding carboxylic acids is 1. The van der Waals surface area contributed by atoms with Crippen molar-refractivity contribution >= 4 is 5.97 Å². The first kappa shape index (κ1) is 23.7. The summed E-state index contributed by atoms with van der Waals surface area (Å²) in [6.07, 6.45) is 1.25. The quantitative estimate of drug-likeness (QED) is 0.469. The van der Waals surface area contributed by atoms with E-state index in [0.717, 1.165) is 11.3 Å². The number of esters is 1. The number of hydrogen-bond donors (Lipinski definition) is 0. The minimum absolute atomic E-state index is 0.138. The van der Waals surface area contributed by atoms with Crippen molar-refractivity contribution in [1.29, 1.82) is 0 Å². The van der Waals surface area contributed by atoms with Gasteiger partial charge in [-0.3, -0.25) is 4.79 Å². The molecule has 0 aliphatic carbocycles. The molecule has 0 amide bonds. The van der Waals surface area contributed by atoms with E-state index in [1.165, 1.54) is 18.9 Å². The van der Waals surface area contributed by atoms with Gasteiger partial charge in [0.15, 0.2) is 0 Å². The summed E-state index contributed by atoms with van der Waals surface area (Å²) in [5.74, 6) is 1.11. The number of methoxy groups -OCH3 is 1. The van der Waals surface area contributed by atoms with E-state index in [9.17, 15) is 4.79 Å². The Labute approximate surface area is 159 Å². The molecule has 26 heavy (non-hydrogen) atoms. The molecule has 0 unspecified atom stereocenters.